The molecule has 2 heterocycles. The second-order valence-electron chi connectivity index (χ2n) is 3.43. The highest BCUT2D eigenvalue weighted by atomic mass is 16.2. The van der Waals surface area contributed by atoms with Gasteiger partial charge < -0.3 is 5.32 Å². The van der Waals surface area contributed by atoms with Gasteiger partial charge in [-0.25, -0.2) is 9.50 Å². The molecule has 0 saturated heterocycles. The Labute approximate surface area is 86.3 Å². The fourth-order valence-corrected chi connectivity index (χ4v) is 1.16. The van der Waals surface area contributed by atoms with Crippen LogP contribution in [0.25, 0.3) is 5.78 Å². The highest BCUT2D eigenvalue weighted by Gasteiger charge is 2.13. The number of hydrogen-bond acceptors (Lipinski definition) is 4. The molecule has 0 radical (unpaired) electrons. The summed E-state index contributed by atoms with van der Waals surface area (Å²) in [5.74, 6) is 0.282. The summed E-state index contributed by atoms with van der Waals surface area (Å²) in [4.78, 5) is 19.5. The topological polar surface area (TPSA) is 72.2 Å². The second kappa shape index (κ2) is 3.64. The van der Waals surface area contributed by atoms with Gasteiger partial charge in [0.15, 0.2) is 0 Å². The predicted octanol–water partition coefficient (Wildman–Crippen LogP) is 0.263. The first-order valence-corrected chi connectivity index (χ1v) is 4.65. The molecule has 0 aliphatic heterocycles. The van der Waals surface area contributed by atoms with Crippen molar-refractivity contribution in [1.29, 1.82) is 0 Å². The number of carbonyl (C=O) groups is 1. The molecule has 0 aliphatic rings. The highest BCUT2D eigenvalue weighted by molar-refractivity contribution is 5.90. The molecule has 0 unspecified atom stereocenters. The van der Waals surface area contributed by atoms with Crippen LogP contribution in [-0.2, 0) is 0 Å². The summed E-state index contributed by atoms with van der Waals surface area (Å²) in [5, 5.41) is 6.71. The third kappa shape index (κ3) is 1.93. The van der Waals surface area contributed by atoms with Gasteiger partial charge in [0.2, 0.25) is 5.82 Å². The number of fused-ring (bicyclic) bond motifs is 1. The van der Waals surface area contributed by atoms with E-state index in [1.54, 1.807) is 18.5 Å². The normalized spacial score (nSPS) is 10.9. The van der Waals surface area contributed by atoms with Crippen LogP contribution in [0.2, 0.25) is 0 Å². The molecular weight excluding hydrogens is 194 g/mol. The molecule has 2 aromatic rings. The molecule has 15 heavy (non-hydrogen) atoms. The lowest BCUT2D eigenvalue weighted by Crippen LogP contribution is -2.30. The number of aromatic nitrogens is 4. The van der Waals surface area contributed by atoms with Crippen molar-refractivity contribution in [2.24, 2.45) is 0 Å². The molecule has 0 fully saturated rings. The van der Waals surface area contributed by atoms with Crippen molar-refractivity contribution >= 4 is 11.7 Å². The number of hydrogen-bond donors (Lipinski definition) is 1. The summed E-state index contributed by atoms with van der Waals surface area (Å²) < 4.78 is 1.47. The molecule has 6 heteroatoms. The van der Waals surface area contributed by atoms with Gasteiger partial charge in [-0.15, -0.1) is 5.10 Å². The maximum absolute atomic E-state index is 11.5. The van der Waals surface area contributed by atoms with E-state index >= 15 is 0 Å². The Morgan fingerprint density at radius 1 is 1.53 bits per heavy atom. The summed E-state index contributed by atoms with van der Waals surface area (Å²) >= 11 is 0. The first-order valence-electron chi connectivity index (χ1n) is 4.65. The predicted molar refractivity (Wildman–Crippen MR) is 53.4 cm³/mol. The lowest BCUT2D eigenvalue weighted by Gasteiger charge is -2.03. The molecule has 1 N–H and O–H groups in total. The van der Waals surface area contributed by atoms with Crippen molar-refractivity contribution in [3.05, 3.63) is 24.3 Å². The zero-order valence-electron chi connectivity index (χ0n) is 8.51. The smallest absolute Gasteiger partial charge is 0.291 e. The van der Waals surface area contributed by atoms with Gasteiger partial charge in [-0.2, -0.15) is 4.98 Å². The third-order valence-electron chi connectivity index (χ3n) is 1.74. The Bertz CT molecular complexity index is 457. The molecule has 6 nitrogen and oxygen atoms in total. The van der Waals surface area contributed by atoms with E-state index in [0.717, 1.165) is 0 Å². The number of nitrogens with one attached hydrogen (secondary N) is 1. The van der Waals surface area contributed by atoms with E-state index in [4.69, 9.17) is 0 Å². The van der Waals surface area contributed by atoms with Crippen LogP contribution in [0.1, 0.15) is 24.5 Å². The van der Waals surface area contributed by atoms with Gasteiger partial charge in [0.25, 0.3) is 11.7 Å². The van der Waals surface area contributed by atoms with E-state index in [2.05, 4.69) is 20.4 Å². The summed E-state index contributed by atoms with van der Waals surface area (Å²) in [5.41, 5.74) is 0. The van der Waals surface area contributed by atoms with Crippen LogP contribution in [0.3, 0.4) is 0 Å². The third-order valence-corrected chi connectivity index (χ3v) is 1.74. The molecule has 78 valence electrons. The number of amides is 1. The van der Waals surface area contributed by atoms with Gasteiger partial charge in [-0.1, -0.05) is 0 Å². The number of nitrogens with zero attached hydrogens (tertiary/aromatic N) is 4. The number of carbonyl (C=O) groups excluding carboxylic acids is 1. The van der Waals surface area contributed by atoms with Crippen molar-refractivity contribution in [2.75, 3.05) is 0 Å². The molecule has 0 saturated carbocycles. The average Bonchev–Trinajstić information content (AvgIpc) is 2.59. The first-order chi connectivity index (χ1) is 7.16. The summed E-state index contributed by atoms with van der Waals surface area (Å²) in [6.45, 7) is 3.76. The molecule has 0 atom stereocenters. The fourth-order valence-electron chi connectivity index (χ4n) is 1.16. The molecule has 0 spiro atoms. The Morgan fingerprint density at radius 3 is 3.00 bits per heavy atom. The quantitative estimate of drug-likeness (QED) is 0.763. The number of rotatable bonds is 2. The molecule has 0 bridgehead atoms. The molecule has 0 aromatic carbocycles. The Balaban J connectivity index is 2.32. The minimum absolute atomic E-state index is 0.0667. The van der Waals surface area contributed by atoms with Gasteiger partial charge in [0.1, 0.15) is 0 Å². The van der Waals surface area contributed by atoms with Gasteiger partial charge in [0.05, 0.1) is 0 Å². The Morgan fingerprint density at radius 2 is 2.33 bits per heavy atom. The van der Waals surface area contributed by atoms with E-state index < -0.39 is 0 Å². The van der Waals surface area contributed by atoms with Gasteiger partial charge in [-0.05, 0) is 19.9 Å². The van der Waals surface area contributed by atoms with Crippen molar-refractivity contribution in [1.82, 2.24) is 24.9 Å². The molecule has 2 aromatic heterocycles. The van der Waals surface area contributed by atoms with Gasteiger partial charge >= 0.3 is 0 Å². The van der Waals surface area contributed by atoms with Crippen LogP contribution in [0.15, 0.2) is 18.5 Å². The fraction of sp³-hybridized carbons (Fsp3) is 0.333. The minimum Gasteiger partial charge on any atom is -0.347 e. The maximum Gasteiger partial charge on any atom is 0.291 e. The van der Waals surface area contributed by atoms with Crippen LogP contribution < -0.4 is 5.32 Å². The van der Waals surface area contributed by atoms with Gasteiger partial charge in [0, 0.05) is 18.4 Å². The van der Waals surface area contributed by atoms with Crippen molar-refractivity contribution < 1.29 is 4.79 Å². The second-order valence-corrected chi connectivity index (χ2v) is 3.43. The van der Waals surface area contributed by atoms with Crippen molar-refractivity contribution in [3.63, 3.8) is 0 Å². The SMILES string of the molecule is CC(C)NC(=O)c1nc2ncccn2n1. The first kappa shape index (κ1) is 9.57. The van der Waals surface area contributed by atoms with Crippen LogP contribution in [-0.4, -0.2) is 31.5 Å². The van der Waals surface area contributed by atoms with Crippen LogP contribution in [0, 0.1) is 0 Å². The zero-order chi connectivity index (χ0) is 10.8. The van der Waals surface area contributed by atoms with E-state index in [0.29, 0.717) is 5.78 Å². The zero-order valence-corrected chi connectivity index (χ0v) is 8.51. The Kier molecular flexibility index (Phi) is 2.32. The van der Waals surface area contributed by atoms with Crippen molar-refractivity contribution in [2.45, 2.75) is 19.9 Å². The minimum atomic E-state index is -0.282. The van der Waals surface area contributed by atoms with E-state index in [9.17, 15) is 4.79 Å². The molecular formula is C9H11N5O. The van der Waals surface area contributed by atoms with E-state index in [1.165, 1.54) is 4.52 Å². The summed E-state index contributed by atoms with van der Waals surface area (Å²) in [6.07, 6.45) is 3.30. The van der Waals surface area contributed by atoms with Crippen LogP contribution >= 0.6 is 0 Å². The van der Waals surface area contributed by atoms with Crippen molar-refractivity contribution in [3.8, 4) is 0 Å². The lowest BCUT2D eigenvalue weighted by molar-refractivity contribution is 0.0933. The van der Waals surface area contributed by atoms with E-state index in [1.807, 2.05) is 13.8 Å². The highest BCUT2D eigenvalue weighted by Crippen LogP contribution is 1.97. The maximum atomic E-state index is 11.5. The van der Waals surface area contributed by atoms with Gasteiger partial charge in [-0.3, -0.25) is 4.79 Å². The largest absolute Gasteiger partial charge is 0.347 e. The van der Waals surface area contributed by atoms with E-state index in [-0.39, 0.29) is 17.8 Å². The average molecular weight is 205 g/mol. The molecule has 0 aliphatic carbocycles. The molecule has 2 rings (SSSR count). The van der Waals surface area contributed by atoms with Crippen LogP contribution in [0.5, 0.6) is 0 Å². The monoisotopic (exact) mass is 205 g/mol. The standard InChI is InChI=1S/C9H11N5O/c1-6(2)11-8(15)7-12-9-10-4-3-5-14(9)13-7/h3-6H,1-2H3,(H,11,15). The lowest BCUT2D eigenvalue weighted by atomic mass is 10.4. The Hall–Kier alpha value is -1.98. The summed E-state index contributed by atoms with van der Waals surface area (Å²) in [7, 11) is 0. The van der Waals surface area contributed by atoms with Crippen LogP contribution in [0.4, 0.5) is 0 Å². The molecule has 1 amide bonds. The summed E-state index contributed by atoms with van der Waals surface area (Å²) in [6, 6.07) is 1.79.